The largest absolute Gasteiger partial charge is 0.497 e. The Morgan fingerprint density at radius 1 is 0.950 bits per heavy atom. The van der Waals surface area contributed by atoms with Crippen LogP contribution in [0.3, 0.4) is 0 Å². The monoisotopic (exact) mass is 558 g/mol. The molecule has 2 N–H and O–H groups in total. The number of amides is 3. The standard InChI is InChI=1S/C29H38N4O7.2H2/c1-3-28(36)39-21-24-18-33(27(35)13-14-30-29(37)40-20-23-7-5-4-6-8-23)16-15-32(24)19-26(34)31-17-22-9-11-25(38-2)12-10-22;;/h4-12,24H,3,13-21H2,1-2H3,(H,30,37)(H,31,34);2*1H. The highest BCUT2D eigenvalue weighted by atomic mass is 16.5. The third-order valence-corrected chi connectivity index (χ3v) is 6.50. The van der Waals surface area contributed by atoms with E-state index in [1.165, 1.54) is 0 Å². The molecule has 220 valence electrons. The zero-order valence-corrected chi connectivity index (χ0v) is 23.1. The van der Waals surface area contributed by atoms with Crippen molar-refractivity contribution in [1.29, 1.82) is 0 Å². The molecule has 1 fully saturated rings. The summed E-state index contributed by atoms with van der Waals surface area (Å²) in [5, 5.41) is 5.51. The molecule has 0 bridgehead atoms. The van der Waals surface area contributed by atoms with E-state index in [0.29, 0.717) is 26.2 Å². The van der Waals surface area contributed by atoms with Crippen LogP contribution in [0, 0.1) is 0 Å². The van der Waals surface area contributed by atoms with E-state index in [9.17, 15) is 19.2 Å². The van der Waals surface area contributed by atoms with Gasteiger partial charge < -0.3 is 29.7 Å². The molecule has 1 aliphatic rings. The molecule has 40 heavy (non-hydrogen) atoms. The molecule has 11 heteroatoms. The molecular formula is C29H42N4O7. The average molecular weight is 559 g/mol. The summed E-state index contributed by atoms with van der Waals surface area (Å²) in [6, 6.07) is 16.4. The van der Waals surface area contributed by atoms with Gasteiger partial charge in [-0.05, 0) is 23.3 Å². The SMILES string of the molecule is CCC(=O)OCC1CN(C(=O)CCNC(=O)OCc2ccccc2)CCN1CC(=O)NCc1ccc(OC)cc1.[HH].[HH]. The van der Waals surface area contributed by atoms with Crippen LogP contribution in [0.5, 0.6) is 5.75 Å². The van der Waals surface area contributed by atoms with Gasteiger partial charge in [0, 0.05) is 48.4 Å². The summed E-state index contributed by atoms with van der Waals surface area (Å²) in [4.78, 5) is 52.9. The number of hydrogen-bond acceptors (Lipinski definition) is 8. The lowest BCUT2D eigenvalue weighted by molar-refractivity contribution is -0.147. The second kappa shape index (κ2) is 16.1. The van der Waals surface area contributed by atoms with Gasteiger partial charge in [-0.1, -0.05) is 49.4 Å². The summed E-state index contributed by atoms with van der Waals surface area (Å²) in [5.41, 5.74) is 1.81. The summed E-state index contributed by atoms with van der Waals surface area (Å²) >= 11 is 0. The van der Waals surface area contributed by atoms with Gasteiger partial charge in [0.25, 0.3) is 0 Å². The summed E-state index contributed by atoms with van der Waals surface area (Å²) in [6.45, 7) is 3.72. The van der Waals surface area contributed by atoms with Crippen LogP contribution in [0.25, 0.3) is 0 Å². The van der Waals surface area contributed by atoms with Gasteiger partial charge in [-0.3, -0.25) is 19.3 Å². The maximum absolute atomic E-state index is 12.9. The van der Waals surface area contributed by atoms with Crippen LogP contribution in [0.1, 0.15) is 33.7 Å². The van der Waals surface area contributed by atoms with Crippen LogP contribution >= 0.6 is 0 Å². The number of carbonyl (C=O) groups is 4. The number of methoxy groups -OCH3 is 1. The topological polar surface area (TPSA) is 127 Å². The zero-order chi connectivity index (χ0) is 28.7. The fraction of sp³-hybridized carbons (Fsp3) is 0.448. The first-order valence-electron chi connectivity index (χ1n) is 13.4. The number of rotatable bonds is 13. The molecule has 0 saturated carbocycles. The molecule has 0 aliphatic carbocycles. The molecule has 1 aliphatic heterocycles. The second-order valence-corrected chi connectivity index (χ2v) is 9.36. The Morgan fingerprint density at radius 2 is 1.70 bits per heavy atom. The second-order valence-electron chi connectivity index (χ2n) is 9.36. The van der Waals surface area contributed by atoms with Crippen molar-refractivity contribution in [3.63, 3.8) is 0 Å². The molecule has 11 nitrogen and oxygen atoms in total. The summed E-state index contributed by atoms with van der Waals surface area (Å²) in [7, 11) is 1.60. The van der Waals surface area contributed by atoms with Crippen molar-refractivity contribution < 1.29 is 36.2 Å². The minimum Gasteiger partial charge on any atom is -0.497 e. The van der Waals surface area contributed by atoms with E-state index < -0.39 is 6.09 Å². The van der Waals surface area contributed by atoms with Gasteiger partial charge in [-0.25, -0.2) is 4.79 Å². The third-order valence-electron chi connectivity index (χ3n) is 6.50. The summed E-state index contributed by atoms with van der Waals surface area (Å²) < 4.78 is 15.7. The van der Waals surface area contributed by atoms with Gasteiger partial charge in [-0.2, -0.15) is 0 Å². The van der Waals surface area contributed by atoms with Crippen LogP contribution in [-0.4, -0.2) is 86.2 Å². The lowest BCUT2D eigenvalue weighted by Crippen LogP contribution is -2.58. The average Bonchev–Trinajstić information content (AvgIpc) is 2.99. The molecule has 1 atom stereocenters. The van der Waals surface area contributed by atoms with Crippen molar-refractivity contribution >= 4 is 23.9 Å². The lowest BCUT2D eigenvalue weighted by Gasteiger charge is -2.40. The van der Waals surface area contributed by atoms with Gasteiger partial charge in [0.15, 0.2) is 0 Å². The van der Waals surface area contributed by atoms with Crippen LogP contribution in [0.15, 0.2) is 54.6 Å². The van der Waals surface area contributed by atoms with E-state index in [4.69, 9.17) is 14.2 Å². The number of nitrogens with one attached hydrogen (secondary N) is 2. The Labute approximate surface area is 237 Å². The quantitative estimate of drug-likeness (QED) is 0.359. The molecule has 0 aromatic heterocycles. The number of esters is 1. The fourth-order valence-corrected chi connectivity index (χ4v) is 4.17. The van der Waals surface area contributed by atoms with Gasteiger partial charge in [0.2, 0.25) is 11.8 Å². The molecule has 0 spiro atoms. The number of carbonyl (C=O) groups excluding carboxylic acids is 4. The van der Waals surface area contributed by atoms with E-state index in [0.717, 1.165) is 16.9 Å². The number of piperazine rings is 1. The van der Waals surface area contributed by atoms with E-state index in [1.54, 1.807) is 18.9 Å². The third kappa shape index (κ3) is 10.2. The number of benzene rings is 2. The molecule has 1 saturated heterocycles. The number of alkyl carbamates (subject to hydrolysis) is 1. The molecule has 3 amide bonds. The maximum Gasteiger partial charge on any atom is 0.407 e. The summed E-state index contributed by atoms with van der Waals surface area (Å²) in [5.74, 6) is 0.0933. The predicted octanol–water partition coefficient (Wildman–Crippen LogP) is 2.59. The zero-order valence-electron chi connectivity index (χ0n) is 23.1. The highest BCUT2D eigenvalue weighted by Crippen LogP contribution is 2.13. The Morgan fingerprint density at radius 3 is 2.40 bits per heavy atom. The molecule has 2 aromatic carbocycles. The van der Waals surface area contributed by atoms with Crippen LogP contribution < -0.4 is 15.4 Å². The van der Waals surface area contributed by atoms with Gasteiger partial charge >= 0.3 is 12.1 Å². The Kier molecular flexibility index (Phi) is 12.2. The fourth-order valence-electron chi connectivity index (χ4n) is 4.17. The van der Waals surface area contributed by atoms with Gasteiger partial charge in [0.05, 0.1) is 19.7 Å². The predicted molar refractivity (Wildman–Crippen MR) is 152 cm³/mol. The van der Waals surface area contributed by atoms with E-state index in [-0.39, 0.29) is 65.8 Å². The number of hydrogen-bond donors (Lipinski definition) is 2. The number of ether oxygens (including phenoxy) is 3. The molecule has 3 rings (SSSR count). The summed E-state index contributed by atoms with van der Waals surface area (Å²) in [6.07, 6.45) is -0.250. The normalized spacial score (nSPS) is 15.2. The van der Waals surface area contributed by atoms with Crippen LogP contribution in [-0.2, 0) is 37.0 Å². The van der Waals surface area contributed by atoms with Crippen molar-refractivity contribution in [1.82, 2.24) is 20.4 Å². The molecular weight excluding hydrogens is 516 g/mol. The highest BCUT2D eigenvalue weighted by molar-refractivity contribution is 5.79. The highest BCUT2D eigenvalue weighted by Gasteiger charge is 2.31. The van der Waals surface area contributed by atoms with Crippen molar-refractivity contribution in [2.24, 2.45) is 0 Å². The Hall–Kier alpha value is -4.12. The number of nitrogens with zero attached hydrogens (tertiary/aromatic N) is 2. The van der Waals surface area contributed by atoms with E-state index in [1.807, 2.05) is 59.5 Å². The lowest BCUT2D eigenvalue weighted by atomic mass is 10.1. The smallest absolute Gasteiger partial charge is 0.407 e. The van der Waals surface area contributed by atoms with E-state index >= 15 is 0 Å². The molecule has 2 aromatic rings. The minimum absolute atomic E-state index is 0. The first-order chi connectivity index (χ1) is 19.4. The minimum atomic E-state index is -0.591. The molecule has 1 unspecified atom stereocenters. The van der Waals surface area contributed by atoms with Crippen molar-refractivity contribution in [3.8, 4) is 5.75 Å². The Bertz CT molecular complexity index is 1120. The van der Waals surface area contributed by atoms with Crippen LogP contribution in [0.2, 0.25) is 0 Å². The van der Waals surface area contributed by atoms with Crippen molar-refractivity contribution in [2.45, 2.75) is 39.0 Å². The Balaban J connectivity index is 0.00000441. The van der Waals surface area contributed by atoms with Gasteiger partial charge in [-0.15, -0.1) is 0 Å². The first-order valence-corrected chi connectivity index (χ1v) is 13.4. The molecule has 1 heterocycles. The van der Waals surface area contributed by atoms with Gasteiger partial charge in [0.1, 0.15) is 19.0 Å². The first kappa shape index (κ1) is 30.4. The molecule has 0 radical (unpaired) electrons. The van der Waals surface area contributed by atoms with E-state index in [2.05, 4.69) is 10.6 Å². The van der Waals surface area contributed by atoms with Crippen LogP contribution in [0.4, 0.5) is 4.79 Å². The van der Waals surface area contributed by atoms with Crippen molar-refractivity contribution in [2.75, 3.05) is 46.4 Å². The van der Waals surface area contributed by atoms with Crippen molar-refractivity contribution in [3.05, 3.63) is 65.7 Å². The maximum atomic E-state index is 12.9.